The first kappa shape index (κ1) is 15.8. The zero-order chi connectivity index (χ0) is 15.5. The third-order valence-corrected chi connectivity index (χ3v) is 3.81. The van der Waals surface area contributed by atoms with E-state index in [1.54, 1.807) is 0 Å². The quantitative estimate of drug-likeness (QED) is 0.898. The first-order valence-electron chi connectivity index (χ1n) is 6.96. The molecule has 21 heavy (non-hydrogen) atoms. The van der Waals surface area contributed by atoms with Crippen LogP contribution in [-0.4, -0.2) is 23.5 Å². The van der Waals surface area contributed by atoms with Crippen LogP contribution in [0.5, 0.6) is 0 Å². The lowest BCUT2D eigenvalue weighted by molar-refractivity contribution is -0.129. The van der Waals surface area contributed by atoms with E-state index in [2.05, 4.69) is 5.32 Å². The van der Waals surface area contributed by atoms with Gasteiger partial charge in [-0.25, -0.2) is 13.2 Å². The van der Waals surface area contributed by atoms with Gasteiger partial charge in [-0.2, -0.15) is 0 Å². The van der Waals surface area contributed by atoms with Crippen molar-refractivity contribution >= 4 is 5.91 Å². The second-order valence-corrected chi connectivity index (χ2v) is 5.44. The minimum absolute atomic E-state index is 0.0165. The van der Waals surface area contributed by atoms with Gasteiger partial charge < -0.3 is 10.4 Å². The van der Waals surface area contributed by atoms with Gasteiger partial charge in [-0.1, -0.05) is 12.1 Å². The van der Waals surface area contributed by atoms with Crippen LogP contribution in [0.1, 0.15) is 37.4 Å². The molecular formula is C15H18F3NO2. The Hall–Kier alpha value is -1.56. The van der Waals surface area contributed by atoms with Crippen molar-refractivity contribution in [3.63, 3.8) is 0 Å². The van der Waals surface area contributed by atoms with Gasteiger partial charge in [0.2, 0.25) is 11.8 Å². The SMILES string of the molecule is O=C(NCC(O)c1ccc(F)cc1)C1CCC(F)(F)CC1. The lowest BCUT2D eigenvalue weighted by Gasteiger charge is -2.27. The van der Waals surface area contributed by atoms with Crippen molar-refractivity contribution in [3.05, 3.63) is 35.6 Å². The van der Waals surface area contributed by atoms with Crippen molar-refractivity contribution in [2.24, 2.45) is 5.92 Å². The molecule has 0 bridgehead atoms. The Labute approximate surface area is 121 Å². The van der Waals surface area contributed by atoms with Gasteiger partial charge in [-0.05, 0) is 30.5 Å². The Kier molecular flexibility index (Phi) is 4.88. The summed E-state index contributed by atoms with van der Waals surface area (Å²) in [6, 6.07) is 5.33. The summed E-state index contributed by atoms with van der Waals surface area (Å²) in [6.07, 6.45) is -1.17. The highest BCUT2D eigenvalue weighted by Gasteiger charge is 2.37. The molecule has 3 nitrogen and oxygen atoms in total. The maximum Gasteiger partial charge on any atom is 0.248 e. The third kappa shape index (κ3) is 4.46. The summed E-state index contributed by atoms with van der Waals surface area (Å²) in [7, 11) is 0. The van der Waals surface area contributed by atoms with Crippen LogP contribution in [0.4, 0.5) is 13.2 Å². The number of hydrogen-bond acceptors (Lipinski definition) is 2. The highest BCUT2D eigenvalue weighted by atomic mass is 19.3. The van der Waals surface area contributed by atoms with Gasteiger partial charge in [0.05, 0.1) is 6.10 Å². The fourth-order valence-electron chi connectivity index (χ4n) is 2.45. The predicted molar refractivity (Wildman–Crippen MR) is 71.3 cm³/mol. The largest absolute Gasteiger partial charge is 0.387 e. The zero-order valence-corrected chi connectivity index (χ0v) is 11.5. The minimum atomic E-state index is -2.66. The molecule has 1 unspecified atom stereocenters. The van der Waals surface area contributed by atoms with Crippen LogP contribution in [0.25, 0.3) is 0 Å². The van der Waals surface area contributed by atoms with Crippen LogP contribution in [0.2, 0.25) is 0 Å². The maximum absolute atomic E-state index is 13.0. The number of alkyl halides is 2. The summed E-state index contributed by atoms with van der Waals surface area (Å²) in [4.78, 5) is 11.9. The van der Waals surface area contributed by atoms with Crippen molar-refractivity contribution in [1.29, 1.82) is 0 Å². The number of carbonyl (C=O) groups is 1. The second-order valence-electron chi connectivity index (χ2n) is 5.44. The van der Waals surface area contributed by atoms with Crippen LogP contribution in [0.15, 0.2) is 24.3 Å². The molecule has 0 spiro atoms. The van der Waals surface area contributed by atoms with Crippen LogP contribution < -0.4 is 5.32 Å². The first-order valence-corrected chi connectivity index (χ1v) is 6.96. The molecule has 1 atom stereocenters. The molecule has 1 aromatic rings. The van der Waals surface area contributed by atoms with Crippen molar-refractivity contribution in [2.75, 3.05) is 6.54 Å². The van der Waals surface area contributed by atoms with Crippen molar-refractivity contribution < 1.29 is 23.1 Å². The van der Waals surface area contributed by atoms with Gasteiger partial charge in [-0.3, -0.25) is 4.79 Å². The van der Waals surface area contributed by atoms with Gasteiger partial charge >= 0.3 is 0 Å². The summed E-state index contributed by atoms with van der Waals surface area (Å²) in [5.74, 6) is -3.81. The molecule has 1 fully saturated rings. The number of benzene rings is 1. The zero-order valence-electron chi connectivity index (χ0n) is 11.5. The molecule has 2 N–H and O–H groups in total. The normalized spacial score (nSPS) is 20.0. The molecule has 0 saturated heterocycles. The standard InChI is InChI=1S/C15H18F3NO2/c16-12-3-1-10(2-4-12)13(20)9-19-14(21)11-5-7-15(17,18)8-6-11/h1-4,11,13,20H,5-9H2,(H,19,21). The van der Waals surface area contributed by atoms with Crippen LogP contribution in [-0.2, 0) is 4.79 Å². The summed E-state index contributed by atoms with van der Waals surface area (Å²) < 4.78 is 38.8. The van der Waals surface area contributed by atoms with Gasteiger partial charge in [0.25, 0.3) is 0 Å². The number of amides is 1. The Bertz CT molecular complexity index is 480. The molecule has 0 heterocycles. The monoisotopic (exact) mass is 301 g/mol. The molecule has 1 amide bonds. The Morgan fingerprint density at radius 2 is 1.86 bits per heavy atom. The summed E-state index contributed by atoms with van der Waals surface area (Å²) in [6.45, 7) is -0.0165. The number of nitrogens with one attached hydrogen (secondary N) is 1. The summed E-state index contributed by atoms with van der Waals surface area (Å²) in [5, 5.41) is 12.4. The Balaban J connectivity index is 1.80. The lowest BCUT2D eigenvalue weighted by Crippen LogP contribution is -2.37. The summed E-state index contributed by atoms with van der Waals surface area (Å²) in [5.41, 5.74) is 0.492. The molecule has 1 aromatic carbocycles. The van der Waals surface area contributed by atoms with Crippen LogP contribution in [0, 0.1) is 11.7 Å². The van der Waals surface area contributed by atoms with Crippen molar-refractivity contribution in [2.45, 2.75) is 37.7 Å². The maximum atomic E-state index is 13.0. The van der Waals surface area contributed by atoms with E-state index in [1.165, 1.54) is 24.3 Å². The first-order chi connectivity index (χ1) is 9.87. The van der Waals surface area contributed by atoms with Crippen molar-refractivity contribution in [1.82, 2.24) is 5.32 Å². The molecule has 1 saturated carbocycles. The molecular weight excluding hydrogens is 283 g/mol. The van der Waals surface area contributed by atoms with E-state index in [-0.39, 0.29) is 38.1 Å². The van der Waals surface area contributed by atoms with Crippen molar-refractivity contribution in [3.8, 4) is 0 Å². The van der Waals surface area contributed by atoms with Gasteiger partial charge in [0.1, 0.15) is 5.82 Å². The number of hydrogen-bond donors (Lipinski definition) is 2. The third-order valence-electron chi connectivity index (χ3n) is 3.81. The highest BCUT2D eigenvalue weighted by molar-refractivity contribution is 5.78. The lowest BCUT2D eigenvalue weighted by atomic mass is 9.86. The fraction of sp³-hybridized carbons (Fsp3) is 0.533. The second kappa shape index (κ2) is 6.47. The molecule has 6 heteroatoms. The molecule has 0 radical (unpaired) electrons. The van der Waals surface area contributed by atoms with Gasteiger partial charge in [0.15, 0.2) is 0 Å². The average molecular weight is 301 g/mol. The van der Waals surface area contributed by atoms with E-state index >= 15 is 0 Å². The summed E-state index contributed by atoms with van der Waals surface area (Å²) >= 11 is 0. The van der Waals surface area contributed by atoms with E-state index in [4.69, 9.17) is 0 Å². The molecule has 2 rings (SSSR count). The fourth-order valence-corrected chi connectivity index (χ4v) is 2.45. The topological polar surface area (TPSA) is 49.3 Å². The van der Waals surface area contributed by atoms with Gasteiger partial charge in [-0.15, -0.1) is 0 Å². The van der Waals surface area contributed by atoms with Crippen LogP contribution >= 0.6 is 0 Å². The number of halogens is 3. The van der Waals surface area contributed by atoms with E-state index in [9.17, 15) is 23.1 Å². The average Bonchev–Trinajstić information content (AvgIpc) is 2.45. The molecule has 0 aliphatic heterocycles. The van der Waals surface area contributed by atoms with E-state index < -0.39 is 23.8 Å². The minimum Gasteiger partial charge on any atom is -0.387 e. The number of rotatable bonds is 4. The number of carbonyl (C=O) groups excluding carboxylic acids is 1. The Morgan fingerprint density at radius 1 is 1.29 bits per heavy atom. The van der Waals surface area contributed by atoms with Crippen LogP contribution in [0.3, 0.4) is 0 Å². The molecule has 1 aliphatic rings. The number of aliphatic hydroxyl groups is 1. The highest BCUT2D eigenvalue weighted by Crippen LogP contribution is 2.36. The Morgan fingerprint density at radius 3 is 2.43 bits per heavy atom. The molecule has 116 valence electrons. The molecule has 1 aliphatic carbocycles. The van der Waals surface area contributed by atoms with E-state index in [1.807, 2.05) is 0 Å². The number of aliphatic hydroxyl groups excluding tert-OH is 1. The smallest absolute Gasteiger partial charge is 0.248 e. The van der Waals surface area contributed by atoms with Gasteiger partial charge in [0, 0.05) is 25.3 Å². The molecule has 0 aromatic heterocycles. The van der Waals surface area contributed by atoms with E-state index in [0.29, 0.717) is 5.56 Å². The van der Waals surface area contributed by atoms with E-state index in [0.717, 1.165) is 0 Å². The predicted octanol–water partition coefficient (Wildman–Crippen LogP) is 2.80.